The second-order valence-corrected chi connectivity index (χ2v) is 7.35. The summed E-state index contributed by atoms with van der Waals surface area (Å²) in [7, 11) is 3.81. The van der Waals surface area contributed by atoms with E-state index in [-0.39, 0.29) is 18.2 Å². The molecule has 7 heteroatoms. The van der Waals surface area contributed by atoms with Gasteiger partial charge in [-0.15, -0.1) is 0 Å². The quantitative estimate of drug-likeness (QED) is 0.763. The van der Waals surface area contributed by atoms with Crippen LogP contribution in [-0.4, -0.2) is 35.7 Å². The lowest BCUT2D eigenvalue weighted by atomic mass is 10.1. The fraction of sp³-hybridized carbons (Fsp3) is 0.450. The van der Waals surface area contributed by atoms with E-state index in [9.17, 15) is 9.59 Å². The minimum absolute atomic E-state index is 0.174. The van der Waals surface area contributed by atoms with Gasteiger partial charge >= 0.3 is 0 Å². The van der Waals surface area contributed by atoms with Crippen molar-refractivity contribution in [3.63, 3.8) is 0 Å². The van der Waals surface area contributed by atoms with E-state index in [1.807, 2.05) is 49.7 Å². The van der Waals surface area contributed by atoms with Gasteiger partial charge in [-0.05, 0) is 38.0 Å². The minimum Gasteiger partial charge on any atom is -0.378 e. The average Bonchev–Trinajstić information content (AvgIpc) is 2.86. The van der Waals surface area contributed by atoms with Crippen molar-refractivity contribution in [2.24, 2.45) is 5.92 Å². The third kappa shape index (κ3) is 5.32. The molecule has 1 aromatic carbocycles. The highest BCUT2D eigenvalue weighted by Gasteiger charge is 2.16. The van der Waals surface area contributed by atoms with Crippen molar-refractivity contribution in [1.82, 2.24) is 20.6 Å². The van der Waals surface area contributed by atoms with Crippen LogP contribution >= 0.6 is 0 Å². The van der Waals surface area contributed by atoms with Crippen molar-refractivity contribution < 1.29 is 9.59 Å². The summed E-state index contributed by atoms with van der Waals surface area (Å²) in [6.07, 6.45) is 0.174. The standard InChI is InChI=1S/C20H29N5O2/c1-13(2)12-25-15(4)18(14(3)23-25)11-19(26)21-22-20(27)16-8-7-9-17(10-16)24(5)6/h7-10,13H,11-12H2,1-6H3,(H,21,26)(H,22,27). The molecule has 0 fully saturated rings. The maximum atomic E-state index is 12.3. The number of carbonyl (C=O) groups excluding carboxylic acids is 2. The fourth-order valence-corrected chi connectivity index (χ4v) is 2.84. The Morgan fingerprint density at radius 1 is 1.19 bits per heavy atom. The molecule has 0 saturated carbocycles. The molecule has 1 aromatic heterocycles. The molecule has 1 heterocycles. The van der Waals surface area contributed by atoms with Gasteiger partial charge in [0, 0.05) is 43.1 Å². The molecule has 27 heavy (non-hydrogen) atoms. The molecule has 2 amide bonds. The lowest BCUT2D eigenvalue weighted by molar-refractivity contribution is -0.121. The van der Waals surface area contributed by atoms with Crippen molar-refractivity contribution in [2.45, 2.75) is 40.7 Å². The molecule has 0 atom stereocenters. The smallest absolute Gasteiger partial charge is 0.269 e. The number of anilines is 1. The van der Waals surface area contributed by atoms with Gasteiger partial charge in [0.2, 0.25) is 5.91 Å². The Balaban J connectivity index is 1.98. The van der Waals surface area contributed by atoms with Crippen LogP contribution in [0.4, 0.5) is 5.69 Å². The first-order valence-corrected chi connectivity index (χ1v) is 9.08. The molecule has 0 unspecified atom stereocenters. The van der Waals surface area contributed by atoms with Gasteiger partial charge < -0.3 is 4.90 Å². The molecule has 2 aromatic rings. The predicted octanol–water partition coefficient (Wildman–Crippen LogP) is 2.23. The largest absolute Gasteiger partial charge is 0.378 e. The topological polar surface area (TPSA) is 79.3 Å². The fourth-order valence-electron chi connectivity index (χ4n) is 2.84. The van der Waals surface area contributed by atoms with Crippen LogP contribution in [-0.2, 0) is 17.8 Å². The first-order valence-electron chi connectivity index (χ1n) is 9.08. The van der Waals surface area contributed by atoms with Gasteiger partial charge in [-0.2, -0.15) is 5.10 Å². The number of hydrogen-bond donors (Lipinski definition) is 2. The van der Waals surface area contributed by atoms with E-state index in [0.29, 0.717) is 11.5 Å². The summed E-state index contributed by atoms with van der Waals surface area (Å²) >= 11 is 0. The van der Waals surface area contributed by atoms with Crippen LogP contribution in [0.15, 0.2) is 24.3 Å². The molecular formula is C20H29N5O2. The van der Waals surface area contributed by atoms with Crippen molar-refractivity contribution >= 4 is 17.5 Å². The van der Waals surface area contributed by atoms with Crippen LogP contribution in [0.2, 0.25) is 0 Å². The Bertz CT molecular complexity index is 824. The Morgan fingerprint density at radius 2 is 1.89 bits per heavy atom. The maximum absolute atomic E-state index is 12.3. The number of nitrogens with one attached hydrogen (secondary N) is 2. The number of aromatic nitrogens is 2. The molecule has 0 aliphatic heterocycles. The first kappa shape index (κ1) is 20.5. The molecule has 0 spiro atoms. The number of rotatable bonds is 6. The Labute approximate surface area is 160 Å². The zero-order valence-electron chi connectivity index (χ0n) is 17.0. The Morgan fingerprint density at radius 3 is 2.52 bits per heavy atom. The second kappa shape index (κ2) is 8.70. The van der Waals surface area contributed by atoms with Crippen LogP contribution in [0, 0.1) is 19.8 Å². The Hall–Kier alpha value is -2.83. The molecule has 2 rings (SSSR count). The van der Waals surface area contributed by atoms with E-state index in [0.717, 1.165) is 29.2 Å². The average molecular weight is 371 g/mol. The van der Waals surface area contributed by atoms with Gasteiger partial charge in [0.25, 0.3) is 5.91 Å². The van der Waals surface area contributed by atoms with Gasteiger partial charge in [-0.3, -0.25) is 25.1 Å². The summed E-state index contributed by atoms with van der Waals surface area (Å²) in [6.45, 7) is 8.94. The molecule has 2 N–H and O–H groups in total. The van der Waals surface area contributed by atoms with Crippen LogP contribution in [0.1, 0.15) is 41.2 Å². The maximum Gasteiger partial charge on any atom is 0.269 e. The third-order valence-corrected chi connectivity index (χ3v) is 4.35. The van der Waals surface area contributed by atoms with Gasteiger partial charge in [0.1, 0.15) is 0 Å². The minimum atomic E-state index is -0.351. The first-order chi connectivity index (χ1) is 12.7. The molecular weight excluding hydrogens is 342 g/mol. The monoisotopic (exact) mass is 371 g/mol. The van der Waals surface area contributed by atoms with Crippen LogP contribution in [0.5, 0.6) is 0 Å². The molecule has 0 aliphatic carbocycles. The molecule has 0 aliphatic rings. The summed E-state index contributed by atoms with van der Waals surface area (Å²) in [5, 5.41) is 4.52. The number of amides is 2. The van der Waals surface area contributed by atoms with E-state index in [1.165, 1.54) is 0 Å². The van der Waals surface area contributed by atoms with Crippen LogP contribution < -0.4 is 15.8 Å². The number of hydrogen-bond acceptors (Lipinski definition) is 4. The number of nitrogens with zero attached hydrogens (tertiary/aromatic N) is 3. The predicted molar refractivity (Wildman–Crippen MR) is 107 cm³/mol. The summed E-state index contributed by atoms with van der Waals surface area (Å²) in [6, 6.07) is 7.20. The van der Waals surface area contributed by atoms with Gasteiger partial charge in [0.15, 0.2) is 0 Å². The lowest BCUT2D eigenvalue weighted by Crippen LogP contribution is -2.42. The normalized spacial score (nSPS) is 10.8. The summed E-state index contributed by atoms with van der Waals surface area (Å²) in [5.41, 5.74) is 9.10. The third-order valence-electron chi connectivity index (χ3n) is 4.35. The van der Waals surface area contributed by atoms with E-state index in [4.69, 9.17) is 0 Å². The van der Waals surface area contributed by atoms with Gasteiger partial charge in [-0.1, -0.05) is 19.9 Å². The highest BCUT2D eigenvalue weighted by Crippen LogP contribution is 2.15. The van der Waals surface area contributed by atoms with Gasteiger partial charge in [-0.25, -0.2) is 0 Å². The Kier molecular flexibility index (Phi) is 6.60. The number of benzene rings is 1. The van der Waals surface area contributed by atoms with Crippen molar-refractivity contribution in [3.8, 4) is 0 Å². The van der Waals surface area contributed by atoms with E-state index in [2.05, 4.69) is 29.8 Å². The zero-order valence-corrected chi connectivity index (χ0v) is 17.0. The van der Waals surface area contributed by atoms with Crippen LogP contribution in [0.3, 0.4) is 0 Å². The van der Waals surface area contributed by atoms with E-state index < -0.39 is 0 Å². The molecule has 0 radical (unpaired) electrons. The highest BCUT2D eigenvalue weighted by molar-refractivity contribution is 5.96. The van der Waals surface area contributed by atoms with Gasteiger partial charge in [0.05, 0.1) is 12.1 Å². The summed E-state index contributed by atoms with van der Waals surface area (Å²) in [4.78, 5) is 26.5. The zero-order chi connectivity index (χ0) is 20.1. The number of carbonyl (C=O) groups is 2. The second-order valence-electron chi connectivity index (χ2n) is 7.35. The number of aryl methyl sites for hydroxylation is 1. The molecule has 0 saturated heterocycles. The number of hydrazine groups is 1. The summed E-state index contributed by atoms with van der Waals surface area (Å²) < 4.78 is 1.94. The van der Waals surface area contributed by atoms with Crippen LogP contribution in [0.25, 0.3) is 0 Å². The van der Waals surface area contributed by atoms with Crippen molar-refractivity contribution in [3.05, 3.63) is 46.8 Å². The SMILES string of the molecule is Cc1nn(CC(C)C)c(C)c1CC(=O)NNC(=O)c1cccc(N(C)C)c1. The summed E-state index contributed by atoms with van der Waals surface area (Å²) in [5.74, 6) is -0.152. The molecule has 7 nitrogen and oxygen atoms in total. The highest BCUT2D eigenvalue weighted by atomic mass is 16.2. The molecule has 0 bridgehead atoms. The van der Waals surface area contributed by atoms with Crippen molar-refractivity contribution in [1.29, 1.82) is 0 Å². The lowest BCUT2D eigenvalue weighted by Gasteiger charge is -2.13. The van der Waals surface area contributed by atoms with E-state index >= 15 is 0 Å². The molecule has 146 valence electrons. The van der Waals surface area contributed by atoms with Crippen molar-refractivity contribution in [2.75, 3.05) is 19.0 Å². The van der Waals surface area contributed by atoms with E-state index in [1.54, 1.807) is 12.1 Å².